The van der Waals surface area contributed by atoms with Gasteiger partial charge >= 0.3 is 0 Å². The number of guanidine groups is 1. The van der Waals surface area contributed by atoms with E-state index in [1.807, 2.05) is 18.2 Å². The lowest BCUT2D eigenvalue weighted by Crippen LogP contribution is -2.42. The van der Waals surface area contributed by atoms with E-state index in [-0.39, 0.29) is 5.91 Å². The predicted molar refractivity (Wildman–Crippen MR) is 118 cm³/mol. The van der Waals surface area contributed by atoms with Gasteiger partial charge in [-0.15, -0.1) is 0 Å². The Hall–Kier alpha value is -3.42. The van der Waals surface area contributed by atoms with Gasteiger partial charge < -0.3 is 30.2 Å². The van der Waals surface area contributed by atoms with Gasteiger partial charge in [-0.2, -0.15) is 0 Å². The minimum absolute atomic E-state index is 0.129. The molecule has 1 amide bonds. The predicted octanol–water partition coefficient (Wildman–Crippen LogP) is 1.85. The average molecular weight is 415 g/mol. The van der Waals surface area contributed by atoms with E-state index >= 15 is 0 Å². The second-order valence-electron chi connectivity index (χ2n) is 6.35. The summed E-state index contributed by atoms with van der Waals surface area (Å²) in [5.41, 5.74) is 1.72. The highest BCUT2D eigenvalue weighted by Crippen LogP contribution is 2.27. The first-order valence-electron chi connectivity index (χ1n) is 9.69. The molecular formula is C22H30N4O4. The summed E-state index contributed by atoms with van der Waals surface area (Å²) in [5.74, 6) is 2.69. The molecule has 0 aliphatic carbocycles. The minimum Gasteiger partial charge on any atom is -0.497 e. The van der Waals surface area contributed by atoms with Crippen LogP contribution in [0.25, 0.3) is 0 Å². The summed E-state index contributed by atoms with van der Waals surface area (Å²) < 4.78 is 15.7. The molecule has 0 radical (unpaired) electrons. The van der Waals surface area contributed by atoms with Crippen molar-refractivity contribution in [2.24, 2.45) is 4.99 Å². The number of aliphatic imine (C=N–C) groups is 1. The van der Waals surface area contributed by atoms with Crippen molar-refractivity contribution in [1.82, 2.24) is 16.0 Å². The monoisotopic (exact) mass is 414 g/mol. The minimum atomic E-state index is -0.129. The number of amides is 1. The van der Waals surface area contributed by atoms with Crippen LogP contribution in [0.3, 0.4) is 0 Å². The molecule has 162 valence electrons. The Labute approximate surface area is 177 Å². The number of hydrogen-bond donors (Lipinski definition) is 3. The summed E-state index contributed by atoms with van der Waals surface area (Å²) in [6.45, 7) is 1.73. The third kappa shape index (κ3) is 6.88. The zero-order chi connectivity index (χ0) is 21.8. The van der Waals surface area contributed by atoms with Crippen LogP contribution >= 0.6 is 0 Å². The lowest BCUT2D eigenvalue weighted by molar-refractivity contribution is 0.0954. The molecule has 30 heavy (non-hydrogen) atoms. The molecule has 0 saturated heterocycles. The number of nitrogens with zero attached hydrogens (tertiary/aromatic N) is 1. The highest BCUT2D eigenvalue weighted by molar-refractivity contribution is 5.94. The standard InChI is InChI=1S/C22H30N4O4/c1-23-22(25-12-11-16-5-10-19(29-3)20(15-16)30-4)26-14-13-24-21(27)17-6-8-18(28-2)9-7-17/h5-10,15H,11-14H2,1-4H3,(H,24,27)(H2,23,25,26). The Morgan fingerprint density at radius 1 is 0.833 bits per heavy atom. The molecule has 0 fully saturated rings. The number of benzene rings is 2. The molecule has 2 aromatic rings. The third-order valence-electron chi connectivity index (χ3n) is 4.43. The van der Waals surface area contributed by atoms with Gasteiger partial charge in [-0.05, 0) is 48.4 Å². The fourth-order valence-corrected chi connectivity index (χ4v) is 2.78. The van der Waals surface area contributed by atoms with E-state index in [0.29, 0.717) is 42.7 Å². The first kappa shape index (κ1) is 22.9. The number of carbonyl (C=O) groups excluding carboxylic acids is 1. The van der Waals surface area contributed by atoms with E-state index in [0.717, 1.165) is 17.7 Å². The first-order chi connectivity index (χ1) is 14.6. The van der Waals surface area contributed by atoms with Gasteiger partial charge in [0.1, 0.15) is 5.75 Å². The van der Waals surface area contributed by atoms with Crippen LogP contribution in [0.2, 0.25) is 0 Å². The van der Waals surface area contributed by atoms with Crippen LogP contribution in [0.15, 0.2) is 47.5 Å². The quantitative estimate of drug-likeness (QED) is 0.312. The molecular weight excluding hydrogens is 384 g/mol. The molecule has 8 nitrogen and oxygen atoms in total. The Balaban J connectivity index is 1.70. The van der Waals surface area contributed by atoms with E-state index < -0.39 is 0 Å². The van der Waals surface area contributed by atoms with Crippen LogP contribution in [0.4, 0.5) is 0 Å². The second-order valence-corrected chi connectivity index (χ2v) is 6.35. The van der Waals surface area contributed by atoms with Crippen LogP contribution in [-0.2, 0) is 6.42 Å². The SMILES string of the molecule is CN=C(NCCNC(=O)c1ccc(OC)cc1)NCCc1ccc(OC)c(OC)c1. The number of rotatable bonds is 10. The van der Waals surface area contributed by atoms with Gasteiger partial charge in [0.25, 0.3) is 5.91 Å². The second kappa shape index (κ2) is 12.2. The number of ether oxygens (including phenoxy) is 3. The lowest BCUT2D eigenvalue weighted by atomic mass is 10.1. The largest absolute Gasteiger partial charge is 0.497 e. The maximum absolute atomic E-state index is 12.1. The van der Waals surface area contributed by atoms with Crippen LogP contribution in [0.5, 0.6) is 17.2 Å². The molecule has 0 unspecified atom stereocenters. The maximum Gasteiger partial charge on any atom is 0.251 e. The Morgan fingerprint density at radius 2 is 1.50 bits per heavy atom. The molecule has 2 aromatic carbocycles. The van der Waals surface area contributed by atoms with Crippen LogP contribution in [-0.4, -0.2) is 59.9 Å². The van der Waals surface area contributed by atoms with Crippen molar-refractivity contribution < 1.29 is 19.0 Å². The van der Waals surface area contributed by atoms with Crippen molar-refractivity contribution in [2.75, 3.05) is 48.0 Å². The van der Waals surface area contributed by atoms with E-state index in [9.17, 15) is 4.79 Å². The van der Waals surface area contributed by atoms with E-state index in [1.165, 1.54) is 0 Å². The molecule has 0 spiro atoms. The Kier molecular flexibility index (Phi) is 9.30. The number of hydrogen-bond acceptors (Lipinski definition) is 5. The average Bonchev–Trinajstić information content (AvgIpc) is 2.80. The smallest absolute Gasteiger partial charge is 0.251 e. The van der Waals surface area contributed by atoms with Gasteiger partial charge in [0, 0.05) is 32.2 Å². The number of nitrogens with one attached hydrogen (secondary N) is 3. The fraction of sp³-hybridized carbons (Fsp3) is 0.364. The third-order valence-corrected chi connectivity index (χ3v) is 4.43. The van der Waals surface area contributed by atoms with Gasteiger partial charge in [-0.25, -0.2) is 0 Å². The van der Waals surface area contributed by atoms with E-state index in [4.69, 9.17) is 14.2 Å². The summed E-state index contributed by atoms with van der Waals surface area (Å²) in [6.07, 6.45) is 0.801. The van der Waals surface area contributed by atoms with Gasteiger partial charge in [-0.1, -0.05) is 6.07 Å². The zero-order valence-corrected chi connectivity index (χ0v) is 18.0. The lowest BCUT2D eigenvalue weighted by Gasteiger charge is -2.13. The summed E-state index contributed by atoms with van der Waals surface area (Å²) in [7, 11) is 6.55. The molecule has 0 saturated carbocycles. The van der Waals surface area contributed by atoms with Crippen molar-refractivity contribution in [2.45, 2.75) is 6.42 Å². The molecule has 0 aliphatic heterocycles. The van der Waals surface area contributed by atoms with Crippen LogP contribution in [0, 0.1) is 0 Å². The van der Waals surface area contributed by atoms with Gasteiger partial charge in [0.15, 0.2) is 17.5 Å². The van der Waals surface area contributed by atoms with Crippen molar-refractivity contribution in [3.05, 3.63) is 53.6 Å². The normalized spacial score (nSPS) is 10.9. The van der Waals surface area contributed by atoms with Crippen molar-refractivity contribution in [3.63, 3.8) is 0 Å². The summed E-state index contributed by atoms with van der Waals surface area (Å²) >= 11 is 0. The van der Waals surface area contributed by atoms with Crippen LogP contribution < -0.4 is 30.2 Å². The van der Waals surface area contributed by atoms with Crippen molar-refractivity contribution in [1.29, 1.82) is 0 Å². The highest BCUT2D eigenvalue weighted by atomic mass is 16.5. The highest BCUT2D eigenvalue weighted by Gasteiger charge is 2.06. The molecule has 0 aliphatic rings. The van der Waals surface area contributed by atoms with E-state index in [2.05, 4.69) is 20.9 Å². The topological polar surface area (TPSA) is 93.2 Å². The Morgan fingerprint density at radius 3 is 2.13 bits per heavy atom. The molecule has 0 heterocycles. The molecule has 2 rings (SSSR count). The molecule has 8 heteroatoms. The van der Waals surface area contributed by atoms with Crippen molar-refractivity contribution >= 4 is 11.9 Å². The van der Waals surface area contributed by atoms with Gasteiger partial charge in [0.2, 0.25) is 0 Å². The molecule has 0 bridgehead atoms. The van der Waals surface area contributed by atoms with E-state index in [1.54, 1.807) is 52.6 Å². The number of carbonyl (C=O) groups is 1. The maximum atomic E-state index is 12.1. The molecule has 3 N–H and O–H groups in total. The van der Waals surface area contributed by atoms with Crippen molar-refractivity contribution in [3.8, 4) is 17.2 Å². The zero-order valence-electron chi connectivity index (χ0n) is 18.0. The summed E-state index contributed by atoms with van der Waals surface area (Å²) in [5, 5.41) is 9.31. The summed E-state index contributed by atoms with van der Waals surface area (Å²) in [6, 6.07) is 12.9. The van der Waals surface area contributed by atoms with Gasteiger partial charge in [0.05, 0.1) is 21.3 Å². The summed E-state index contributed by atoms with van der Waals surface area (Å²) in [4.78, 5) is 16.3. The Bertz CT molecular complexity index is 838. The van der Waals surface area contributed by atoms with Crippen LogP contribution in [0.1, 0.15) is 15.9 Å². The molecule has 0 aromatic heterocycles. The number of methoxy groups -OCH3 is 3. The van der Waals surface area contributed by atoms with Gasteiger partial charge in [-0.3, -0.25) is 9.79 Å². The molecule has 0 atom stereocenters. The first-order valence-corrected chi connectivity index (χ1v) is 9.69. The fourth-order valence-electron chi connectivity index (χ4n) is 2.78.